The Bertz CT molecular complexity index is 800. The maximum Gasteiger partial charge on any atom is 0.349 e. The summed E-state index contributed by atoms with van der Waals surface area (Å²) in [5.41, 5.74) is 6.96. The van der Waals surface area contributed by atoms with Gasteiger partial charge in [0, 0.05) is 15.9 Å². The Kier molecular flexibility index (Phi) is 6.53. The lowest BCUT2D eigenvalue weighted by Crippen LogP contribution is -2.32. The maximum absolute atomic E-state index is 13.3. The molecule has 0 aliphatic carbocycles. The van der Waals surface area contributed by atoms with Crippen LogP contribution in [0.3, 0.4) is 0 Å². The van der Waals surface area contributed by atoms with Crippen molar-refractivity contribution in [2.75, 3.05) is 0 Å². The summed E-state index contributed by atoms with van der Waals surface area (Å²) >= 11 is 3.33. The first-order chi connectivity index (χ1) is 11.5. The molecule has 24 heavy (non-hydrogen) atoms. The van der Waals surface area contributed by atoms with Gasteiger partial charge in [0.15, 0.2) is 0 Å². The number of carbonyl (C=O) groups is 1. The Balaban J connectivity index is 2.26. The average Bonchev–Trinajstić information content (AvgIpc) is 2.60. The zero-order valence-electron chi connectivity index (χ0n) is 13.3. The number of nitrogens with two attached hydrogens (primary N) is 1. The third-order valence-corrected chi connectivity index (χ3v) is 6.54. The highest BCUT2D eigenvalue weighted by molar-refractivity contribution is 9.10. The van der Waals surface area contributed by atoms with E-state index in [9.17, 15) is 9.00 Å². The minimum Gasteiger partial charge on any atom is -0.332 e. The fourth-order valence-corrected chi connectivity index (χ4v) is 4.22. The van der Waals surface area contributed by atoms with E-state index in [0.717, 1.165) is 10.0 Å². The van der Waals surface area contributed by atoms with E-state index in [-0.39, 0.29) is 0 Å². The van der Waals surface area contributed by atoms with Crippen LogP contribution in [0.4, 0.5) is 4.79 Å². The number of nitrogens with zero attached hydrogens (tertiary/aromatic N) is 1. The molecule has 0 saturated carbocycles. The quantitative estimate of drug-likeness (QED) is 0.785. The number of nitrogens with one attached hydrogen (secondary N) is 1. The van der Waals surface area contributed by atoms with Crippen molar-refractivity contribution in [1.82, 2.24) is 5.32 Å². The second-order valence-corrected chi connectivity index (χ2v) is 8.52. The predicted molar refractivity (Wildman–Crippen MR) is 99.9 cm³/mol. The van der Waals surface area contributed by atoms with Gasteiger partial charge in [-0.2, -0.15) is 0 Å². The summed E-state index contributed by atoms with van der Waals surface area (Å²) in [4.78, 5) is 12.6. The third-order valence-electron chi connectivity index (χ3n) is 3.47. The van der Waals surface area contributed by atoms with Crippen molar-refractivity contribution in [3.8, 4) is 0 Å². The van der Waals surface area contributed by atoms with Gasteiger partial charge >= 0.3 is 6.03 Å². The first kappa shape index (κ1) is 18.6. The molecule has 2 atom stereocenters. The van der Waals surface area contributed by atoms with Crippen LogP contribution in [0.15, 0.2) is 68.3 Å². The topological polar surface area (TPSA) is 84.6 Å². The van der Waals surface area contributed by atoms with Crippen LogP contribution in [0, 0.1) is 0 Å². The van der Waals surface area contributed by atoms with E-state index in [0.29, 0.717) is 17.9 Å². The molecule has 0 aliphatic rings. The molecule has 0 fully saturated rings. The minimum absolute atomic E-state index is 0.320. The molecule has 2 aromatic rings. The van der Waals surface area contributed by atoms with Gasteiger partial charge in [0.05, 0.1) is 5.37 Å². The Morgan fingerprint density at radius 3 is 2.42 bits per heavy atom. The van der Waals surface area contributed by atoms with E-state index in [2.05, 4.69) is 25.6 Å². The molecule has 0 saturated heterocycles. The smallest absolute Gasteiger partial charge is 0.332 e. The first-order valence-corrected chi connectivity index (χ1v) is 9.91. The van der Waals surface area contributed by atoms with Crippen LogP contribution < -0.4 is 11.1 Å². The molecule has 2 amide bonds. The van der Waals surface area contributed by atoms with Gasteiger partial charge in [-0.05, 0) is 36.2 Å². The molecule has 0 radical (unpaired) electrons. The number of benzene rings is 2. The van der Waals surface area contributed by atoms with Crippen LogP contribution in [0.2, 0.25) is 0 Å². The fraction of sp³-hybridized carbons (Fsp3) is 0.235. The van der Waals surface area contributed by atoms with Gasteiger partial charge in [-0.25, -0.2) is 9.00 Å². The SMILES string of the molecule is CCC(N)S(=O)(=NC(=O)NCc1ccccc1)c1ccc(Br)cc1. The molecule has 0 spiro atoms. The Hall–Kier alpha value is -1.70. The van der Waals surface area contributed by atoms with Crippen molar-refractivity contribution in [3.05, 3.63) is 64.6 Å². The molecule has 5 nitrogen and oxygen atoms in total. The molecule has 7 heteroatoms. The summed E-state index contributed by atoms with van der Waals surface area (Å²) in [6, 6.07) is 15.7. The minimum atomic E-state index is -3.05. The normalized spacial score (nSPS) is 14.5. The average molecular weight is 410 g/mol. The van der Waals surface area contributed by atoms with Crippen LogP contribution in [0.1, 0.15) is 18.9 Å². The van der Waals surface area contributed by atoms with Gasteiger partial charge in [0.1, 0.15) is 9.73 Å². The molecule has 2 rings (SSSR count). The Morgan fingerprint density at radius 1 is 1.21 bits per heavy atom. The molecule has 0 aliphatic heterocycles. The summed E-state index contributed by atoms with van der Waals surface area (Å²) < 4.78 is 18.1. The lowest BCUT2D eigenvalue weighted by atomic mass is 10.2. The molecular formula is C17H20BrN3O2S. The molecular weight excluding hydrogens is 390 g/mol. The van der Waals surface area contributed by atoms with Crippen LogP contribution in [-0.4, -0.2) is 15.6 Å². The molecule has 128 valence electrons. The van der Waals surface area contributed by atoms with Gasteiger partial charge in [-0.3, -0.25) is 0 Å². The summed E-state index contributed by atoms with van der Waals surface area (Å²) in [6.07, 6.45) is 0.449. The first-order valence-electron chi connectivity index (χ1n) is 7.54. The zero-order chi connectivity index (χ0) is 17.6. The lowest BCUT2D eigenvalue weighted by molar-refractivity contribution is 0.249. The molecule has 0 aromatic heterocycles. The monoisotopic (exact) mass is 409 g/mol. The molecule has 3 N–H and O–H groups in total. The second-order valence-electron chi connectivity index (χ2n) is 5.20. The summed E-state index contributed by atoms with van der Waals surface area (Å²) in [6.45, 7) is 2.14. The number of amides is 2. The highest BCUT2D eigenvalue weighted by Crippen LogP contribution is 2.21. The van der Waals surface area contributed by atoms with E-state index >= 15 is 0 Å². The van der Waals surface area contributed by atoms with Crippen molar-refractivity contribution in [1.29, 1.82) is 0 Å². The van der Waals surface area contributed by atoms with Crippen molar-refractivity contribution in [2.24, 2.45) is 10.1 Å². The van der Waals surface area contributed by atoms with E-state index in [1.807, 2.05) is 37.3 Å². The number of carbonyl (C=O) groups excluding carboxylic acids is 1. The van der Waals surface area contributed by atoms with Crippen LogP contribution in [0.25, 0.3) is 0 Å². The maximum atomic E-state index is 13.3. The van der Waals surface area contributed by atoms with Crippen molar-refractivity contribution >= 4 is 31.7 Å². The van der Waals surface area contributed by atoms with E-state index < -0.39 is 21.1 Å². The third kappa shape index (κ3) is 4.66. The van der Waals surface area contributed by atoms with Gasteiger partial charge in [0.25, 0.3) is 0 Å². The standard InChI is InChI=1S/C17H20BrN3O2S/c1-2-16(19)24(23,15-10-8-14(18)9-11-15)21-17(22)20-12-13-6-4-3-5-7-13/h3-11,16H,2,12,19H2,1H3,(H,20,22). The summed E-state index contributed by atoms with van der Waals surface area (Å²) in [5.74, 6) is 0. The number of halogens is 1. The van der Waals surface area contributed by atoms with E-state index in [1.165, 1.54) is 0 Å². The van der Waals surface area contributed by atoms with Crippen LogP contribution >= 0.6 is 15.9 Å². The van der Waals surface area contributed by atoms with E-state index in [1.54, 1.807) is 24.3 Å². The number of rotatable bonds is 5. The highest BCUT2D eigenvalue weighted by Gasteiger charge is 2.22. The van der Waals surface area contributed by atoms with Crippen molar-refractivity contribution < 1.29 is 9.00 Å². The van der Waals surface area contributed by atoms with Gasteiger partial charge < -0.3 is 11.1 Å². The van der Waals surface area contributed by atoms with Crippen molar-refractivity contribution in [2.45, 2.75) is 30.2 Å². The molecule has 0 bridgehead atoms. The molecule has 0 heterocycles. The fourth-order valence-electron chi connectivity index (χ4n) is 2.08. The molecule has 2 unspecified atom stereocenters. The second kappa shape index (κ2) is 8.41. The Labute approximate surface area is 151 Å². The predicted octanol–water partition coefficient (Wildman–Crippen LogP) is 3.88. The highest BCUT2D eigenvalue weighted by atomic mass is 79.9. The largest absolute Gasteiger partial charge is 0.349 e. The van der Waals surface area contributed by atoms with Gasteiger partial charge in [-0.15, -0.1) is 4.36 Å². The summed E-state index contributed by atoms with van der Waals surface area (Å²) in [5, 5.41) is 1.94. The number of urea groups is 1. The number of hydrogen-bond donors (Lipinski definition) is 2. The number of hydrogen-bond acceptors (Lipinski definition) is 3. The van der Waals surface area contributed by atoms with Crippen LogP contribution in [-0.2, 0) is 16.3 Å². The van der Waals surface area contributed by atoms with Gasteiger partial charge in [0.2, 0.25) is 0 Å². The Morgan fingerprint density at radius 2 is 1.83 bits per heavy atom. The van der Waals surface area contributed by atoms with E-state index in [4.69, 9.17) is 5.73 Å². The van der Waals surface area contributed by atoms with Crippen molar-refractivity contribution in [3.63, 3.8) is 0 Å². The molecule has 2 aromatic carbocycles. The van der Waals surface area contributed by atoms with Crippen LogP contribution in [0.5, 0.6) is 0 Å². The lowest BCUT2D eigenvalue weighted by Gasteiger charge is -2.16. The summed E-state index contributed by atoms with van der Waals surface area (Å²) in [7, 11) is -3.05. The van der Waals surface area contributed by atoms with Gasteiger partial charge in [-0.1, -0.05) is 53.2 Å². The zero-order valence-corrected chi connectivity index (χ0v) is 15.7.